The second-order valence-corrected chi connectivity index (χ2v) is 5.43. The molecule has 1 rings (SSSR count). The Balaban J connectivity index is 0.000000823. The van der Waals surface area contributed by atoms with Gasteiger partial charge in [-0.2, -0.15) is 0 Å². The molecular formula is C18H29NO6. The zero-order chi connectivity index (χ0) is 19.1. The average molecular weight is 355 g/mol. The van der Waals surface area contributed by atoms with Gasteiger partial charge in [-0.3, -0.25) is 0 Å². The molecule has 7 nitrogen and oxygen atoms in total. The van der Waals surface area contributed by atoms with E-state index in [1.807, 2.05) is 0 Å². The number of aliphatic carboxylic acids is 2. The molecule has 1 unspecified atom stereocenters. The molecule has 0 aromatic heterocycles. The van der Waals surface area contributed by atoms with Gasteiger partial charge in [0.1, 0.15) is 12.4 Å². The molecule has 25 heavy (non-hydrogen) atoms. The van der Waals surface area contributed by atoms with Crippen molar-refractivity contribution in [2.75, 3.05) is 33.4 Å². The molecule has 7 heteroatoms. The lowest BCUT2D eigenvalue weighted by Crippen LogP contribution is -2.22. The SMILES string of the molecule is CCC(C)c1ccc(OCCNCCCOC)cc1.O=C(O)C(=O)O. The van der Waals surface area contributed by atoms with E-state index in [2.05, 4.69) is 43.4 Å². The molecule has 0 amide bonds. The van der Waals surface area contributed by atoms with Gasteiger partial charge in [0.15, 0.2) is 0 Å². The first-order chi connectivity index (χ1) is 11.9. The number of methoxy groups -OCH3 is 1. The maximum Gasteiger partial charge on any atom is 0.414 e. The van der Waals surface area contributed by atoms with Gasteiger partial charge in [-0.05, 0) is 43.0 Å². The number of benzene rings is 1. The van der Waals surface area contributed by atoms with Crippen LogP contribution < -0.4 is 10.1 Å². The molecular weight excluding hydrogens is 326 g/mol. The van der Waals surface area contributed by atoms with Crippen LogP contribution in [-0.4, -0.2) is 55.6 Å². The van der Waals surface area contributed by atoms with Gasteiger partial charge in [0.25, 0.3) is 0 Å². The summed E-state index contributed by atoms with van der Waals surface area (Å²) in [4.78, 5) is 18.2. The molecule has 1 atom stereocenters. The average Bonchev–Trinajstić information content (AvgIpc) is 2.61. The molecule has 0 fully saturated rings. The molecule has 0 heterocycles. The molecule has 1 aromatic carbocycles. The van der Waals surface area contributed by atoms with Crippen molar-refractivity contribution in [1.29, 1.82) is 0 Å². The number of rotatable bonds is 10. The summed E-state index contributed by atoms with van der Waals surface area (Å²) in [7, 11) is 1.73. The van der Waals surface area contributed by atoms with Crippen LogP contribution in [0.25, 0.3) is 0 Å². The highest BCUT2D eigenvalue weighted by Gasteiger charge is 2.04. The Morgan fingerprint density at radius 1 is 1.08 bits per heavy atom. The van der Waals surface area contributed by atoms with E-state index in [9.17, 15) is 0 Å². The molecule has 0 bridgehead atoms. The van der Waals surface area contributed by atoms with Gasteiger partial charge >= 0.3 is 11.9 Å². The number of carboxylic acid groups (broad SMARTS) is 2. The van der Waals surface area contributed by atoms with Gasteiger partial charge in [-0.15, -0.1) is 0 Å². The van der Waals surface area contributed by atoms with Crippen LogP contribution in [-0.2, 0) is 14.3 Å². The van der Waals surface area contributed by atoms with E-state index >= 15 is 0 Å². The lowest BCUT2D eigenvalue weighted by Gasteiger charge is -2.11. The minimum absolute atomic E-state index is 0.622. The predicted molar refractivity (Wildman–Crippen MR) is 95.3 cm³/mol. The van der Waals surface area contributed by atoms with Crippen molar-refractivity contribution in [2.24, 2.45) is 0 Å². The smallest absolute Gasteiger partial charge is 0.414 e. The highest BCUT2D eigenvalue weighted by Crippen LogP contribution is 2.21. The molecule has 1 aromatic rings. The number of ether oxygens (including phenoxy) is 2. The number of carboxylic acids is 2. The quantitative estimate of drug-likeness (QED) is 0.437. The molecule has 0 saturated carbocycles. The van der Waals surface area contributed by atoms with Crippen LogP contribution in [0.15, 0.2) is 24.3 Å². The number of nitrogens with one attached hydrogen (secondary N) is 1. The number of carbonyl (C=O) groups is 2. The Hall–Kier alpha value is -2.12. The van der Waals surface area contributed by atoms with E-state index < -0.39 is 11.9 Å². The van der Waals surface area contributed by atoms with Crippen molar-refractivity contribution in [3.05, 3.63) is 29.8 Å². The van der Waals surface area contributed by atoms with Crippen LogP contribution >= 0.6 is 0 Å². The topological polar surface area (TPSA) is 105 Å². The Labute approximate surface area is 149 Å². The maximum absolute atomic E-state index is 9.10. The summed E-state index contributed by atoms with van der Waals surface area (Å²) in [6, 6.07) is 8.45. The van der Waals surface area contributed by atoms with Crippen molar-refractivity contribution < 1.29 is 29.3 Å². The fourth-order valence-corrected chi connectivity index (χ4v) is 1.84. The van der Waals surface area contributed by atoms with Gasteiger partial charge < -0.3 is 25.0 Å². The summed E-state index contributed by atoms with van der Waals surface area (Å²) in [5, 5.41) is 18.1. The van der Waals surface area contributed by atoms with E-state index in [0.717, 1.165) is 31.9 Å². The Bertz CT molecular complexity index is 477. The lowest BCUT2D eigenvalue weighted by molar-refractivity contribution is -0.159. The minimum Gasteiger partial charge on any atom is -0.492 e. The molecule has 0 aliphatic carbocycles. The van der Waals surface area contributed by atoms with Gasteiger partial charge in [0.05, 0.1) is 0 Å². The van der Waals surface area contributed by atoms with Crippen molar-refractivity contribution in [2.45, 2.75) is 32.6 Å². The third kappa shape index (κ3) is 12.0. The van der Waals surface area contributed by atoms with Crippen molar-refractivity contribution >= 4 is 11.9 Å². The van der Waals surface area contributed by atoms with Gasteiger partial charge in [0, 0.05) is 20.3 Å². The first kappa shape index (κ1) is 22.9. The van der Waals surface area contributed by atoms with E-state index in [4.69, 9.17) is 29.3 Å². The van der Waals surface area contributed by atoms with Crippen LogP contribution in [0.1, 0.15) is 38.2 Å². The standard InChI is InChI=1S/C16H27NO2.C2H2O4/c1-4-14(2)15-6-8-16(9-7-15)19-13-11-17-10-5-12-18-3;3-1(4)2(5)6/h6-9,14,17H,4-5,10-13H2,1-3H3;(H,3,4)(H,5,6). The maximum atomic E-state index is 9.10. The Morgan fingerprint density at radius 3 is 2.16 bits per heavy atom. The third-order valence-electron chi connectivity index (χ3n) is 3.49. The molecule has 0 radical (unpaired) electrons. The highest BCUT2D eigenvalue weighted by molar-refractivity contribution is 6.27. The lowest BCUT2D eigenvalue weighted by atomic mass is 9.99. The Morgan fingerprint density at radius 2 is 1.68 bits per heavy atom. The monoisotopic (exact) mass is 355 g/mol. The van der Waals surface area contributed by atoms with Crippen molar-refractivity contribution in [3.8, 4) is 5.75 Å². The Kier molecular flexibility index (Phi) is 13.0. The molecule has 0 saturated heterocycles. The summed E-state index contributed by atoms with van der Waals surface area (Å²) in [6.45, 7) is 7.83. The van der Waals surface area contributed by atoms with Gasteiger partial charge in [-0.25, -0.2) is 9.59 Å². The van der Waals surface area contributed by atoms with Crippen molar-refractivity contribution in [3.63, 3.8) is 0 Å². The van der Waals surface area contributed by atoms with Crippen LogP contribution in [0.2, 0.25) is 0 Å². The highest BCUT2D eigenvalue weighted by atomic mass is 16.5. The first-order valence-corrected chi connectivity index (χ1v) is 8.31. The van der Waals surface area contributed by atoms with E-state index in [0.29, 0.717) is 12.5 Å². The second-order valence-electron chi connectivity index (χ2n) is 5.43. The van der Waals surface area contributed by atoms with Crippen LogP contribution in [0.4, 0.5) is 0 Å². The van der Waals surface area contributed by atoms with Gasteiger partial charge in [0.2, 0.25) is 0 Å². The summed E-state index contributed by atoms with van der Waals surface area (Å²) in [5.74, 6) is -2.08. The van der Waals surface area contributed by atoms with Crippen LogP contribution in [0.5, 0.6) is 5.75 Å². The first-order valence-electron chi connectivity index (χ1n) is 8.31. The van der Waals surface area contributed by atoms with Gasteiger partial charge in [-0.1, -0.05) is 26.0 Å². The summed E-state index contributed by atoms with van der Waals surface area (Å²) in [5.41, 5.74) is 1.38. The predicted octanol–water partition coefficient (Wildman–Crippen LogP) is 2.36. The zero-order valence-electron chi connectivity index (χ0n) is 15.2. The summed E-state index contributed by atoms with van der Waals surface area (Å²) in [6.07, 6.45) is 2.21. The van der Waals surface area contributed by atoms with E-state index in [-0.39, 0.29) is 0 Å². The fourth-order valence-electron chi connectivity index (χ4n) is 1.84. The number of hydrogen-bond donors (Lipinski definition) is 3. The molecule has 0 spiro atoms. The van der Waals surface area contributed by atoms with E-state index in [1.165, 1.54) is 12.0 Å². The third-order valence-corrected chi connectivity index (χ3v) is 3.49. The van der Waals surface area contributed by atoms with Crippen LogP contribution in [0.3, 0.4) is 0 Å². The van der Waals surface area contributed by atoms with E-state index in [1.54, 1.807) is 7.11 Å². The fraction of sp³-hybridized carbons (Fsp3) is 0.556. The zero-order valence-corrected chi connectivity index (χ0v) is 15.2. The molecule has 3 N–H and O–H groups in total. The second kappa shape index (κ2) is 14.2. The minimum atomic E-state index is -1.82. The number of hydrogen-bond acceptors (Lipinski definition) is 5. The largest absolute Gasteiger partial charge is 0.492 e. The molecule has 142 valence electrons. The molecule has 0 aliphatic heterocycles. The summed E-state index contributed by atoms with van der Waals surface area (Å²) >= 11 is 0. The normalized spacial score (nSPS) is 11.2. The molecule has 0 aliphatic rings. The van der Waals surface area contributed by atoms with Crippen LogP contribution in [0, 0.1) is 0 Å². The van der Waals surface area contributed by atoms with Crippen molar-refractivity contribution in [1.82, 2.24) is 5.32 Å². The summed E-state index contributed by atoms with van der Waals surface area (Å²) < 4.78 is 10.7.